The maximum atomic E-state index is 14.0. The summed E-state index contributed by atoms with van der Waals surface area (Å²) in [5, 5.41) is 0. The van der Waals surface area contributed by atoms with Crippen molar-refractivity contribution in [1.29, 1.82) is 4.78 Å². The lowest BCUT2D eigenvalue weighted by Gasteiger charge is -2.26. The predicted molar refractivity (Wildman–Crippen MR) is 143 cm³/mol. The molecular weight excluding hydrogens is 455 g/mol. The third kappa shape index (κ3) is 6.16. The minimum absolute atomic E-state index is 0.287. The molecule has 0 fully saturated rings. The average molecular weight is 489 g/mol. The zero-order chi connectivity index (χ0) is 24.8. The Morgan fingerprint density at radius 2 is 1.49 bits per heavy atom. The molecule has 182 valence electrons. The first-order valence-corrected chi connectivity index (χ1v) is 13.8. The zero-order valence-corrected chi connectivity index (χ0v) is 21.3. The minimum Gasteiger partial charge on any atom is -0.236 e. The van der Waals surface area contributed by atoms with Crippen LogP contribution in [0.1, 0.15) is 54.5 Å². The van der Waals surface area contributed by atoms with Crippen molar-refractivity contribution in [3.63, 3.8) is 0 Å². The van der Waals surface area contributed by atoms with Gasteiger partial charge in [-0.3, -0.25) is 0 Å². The van der Waals surface area contributed by atoms with Gasteiger partial charge in [0.1, 0.15) is 15.7 Å². The van der Waals surface area contributed by atoms with E-state index < -0.39 is 9.92 Å². The van der Waals surface area contributed by atoms with Gasteiger partial charge in [-0.25, -0.2) is 17.7 Å². The average Bonchev–Trinajstić information content (AvgIpc) is 2.89. The first-order chi connectivity index (χ1) is 16.9. The molecule has 0 spiro atoms. The molecule has 0 amide bonds. The lowest BCUT2D eigenvalue weighted by molar-refractivity contribution is 0.426. The third-order valence-electron chi connectivity index (χ3n) is 6.49. The van der Waals surface area contributed by atoms with Crippen LogP contribution in [0.15, 0.2) is 89.9 Å². The number of halogens is 1. The van der Waals surface area contributed by atoms with E-state index in [9.17, 15) is 8.60 Å². The third-order valence-corrected chi connectivity index (χ3v) is 8.39. The van der Waals surface area contributed by atoms with Gasteiger partial charge >= 0.3 is 0 Å². The van der Waals surface area contributed by atoms with Crippen LogP contribution < -0.4 is 0 Å². The molecule has 0 aliphatic heterocycles. The second-order valence-corrected chi connectivity index (χ2v) is 11.0. The molecular formula is C30H33FN2OS. The molecule has 5 heteroatoms. The Labute approximate surface area is 209 Å². The highest BCUT2D eigenvalue weighted by atomic mass is 32.2. The van der Waals surface area contributed by atoms with E-state index in [0.717, 1.165) is 42.4 Å². The van der Waals surface area contributed by atoms with E-state index in [4.69, 9.17) is 4.78 Å². The molecule has 35 heavy (non-hydrogen) atoms. The van der Waals surface area contributed by atoms with E-state index in [1.807, 2.05) is 12.1 Å². The molecule has 4 rings (SSSR count). The fraction of sp³-hybridized carbons (Fsp3) is 0.267. The highest BCUT2D eigenvalue weighted by Crippen LogP contribution is 2.28. The zero-order valence-electron chi connectivity index (χ0n) is 20.5. The summed E-state index contributed by atoms with van der Waals surface area (Å²) < 4.78 is 38.2. The molecule has 0 aromatic heterocycles. The Bertz CT molecular complexity index is 1320. The van der Waals surface area contributed by atoms with Gasteiger partial charge in [0, 0.05) is 13.1 Å². The van der Waals surface area contributed by atoms with E-state index in [2.05, 4.69) is 50.3 Å². The molecule has 1 aliphatic rings. The van der Waals surface area contributed by atoms with E-state index in [1.54, 1.807) is 28.6 Å². The van der Waals surface area contributed by atoms with Gasteiger partial charge in [0.15, 0.2) is 0 Å². The van der Waals surface area contributed by atoms with Crippen LogP contribution in [0.25, 0.3) is 5.57 Å². The van der Waals surface area contributed by atoms with Gasteiger partial charge in [-0.15, -0.1) is 0 Å². The lowest BCUT2D eigenvalue weighted by atomic mass is 9.93. The SMILES string of the molecule is CCc1ccc(S(=N)(=O)N(Cc2ccc(F)cc2)Cc2cc(CC)cc(C3=CC=CCC3)c2)cc1. The first-order valence-electron chi connectivity index (χ1n) is 12.2. The van der Waals surface area contributed by atoms with Crippen molar-refractivity contribution in [2.24, 2.45) is 0 Å². The van der Waals surface area contributed by atoms with Gasteiger partial charge in [0.25, 0.3) is 0 Å². The van der Waals surface area contributed by atoms with Crippen LogP contribution in [0.2, 0.25) is 0 Å². The molecule has 1 aliphatic carbocycles. The maximum absolute atomic E-state index is 14.0. The smallest absolute Gasteiger partial charge is 0.137 e. The standard InChI is InChI=1S/C30H33FN2OS/c1-3-23-12-16-30(17-13-23)35(32,34)33(21-25-10-14-29(31)15-11-25)22-26-18-24(4-2)19-28(20-26)27-8-6-5-7-9-27/h5-6,8,10-20,32H,3-4,7,9,21-22H2,1-2H3. The molecule has 1 atom stereocenters. The summed E-state index contributed by atoms with van der Waals surface area (Å²) in [6, 6.07) is 20.3. The van der Waals surface area contributed by atoms with Crippen LogP contribution >= 0.6 is 0 Å². The van der Waals surface area contributed by atoms with E-state index in [-0.39, 0.29) is 12.4 Å². The Morgan fingerprint density at radius 1 is 0.857 bits per heavy atom. The van der Waals surface area contributed by atoms with Crippen molar-refractivity contribution in [3.8, 4) is 0 Å². The maximum Gasteiger partial charge on any atom is 0.137 e. The molecule has 0 bridgehead atoms. The molecule has 3 nitrogen and oxygen atoms in total. The van der Waals surface area contributed by atoms with Crippen LogP contribution in [-0.2, 0) is 35.8 Å². The minimum atomic E-state index is -3.28. The summed E-state index contributed by atoms with van der Waals surface area (Å²) in [6.07, 6.45) is 10.3. The number of allylic oxidation sites excluding steroid dienone is 4. The molecule has 0 saturated carbocycles. The summed E-state index contributed by atoms with van der Waals surface area (Å²) in [6.45, 7) is 4.86. The van der Waals surface area contributed by atoms with Crippen LogP contribution in [-0.4, -0.2) is 8.51 Å². The molecule has 0 radical (unpaired) electrons. The Kier molecular flexibility index (Phi) is 7.99. The van der Waals surface area contributed by atoms with Crippen LogP contribution in [0.3, 0.4) is 0 Å². The molecule has 3 aromatic carbocycles. The number of nitrogens with zero attached hydrogens (tertiary/aromatic N) is 1. The quantitative estimate of drug-likeness (QED) is 0.329. The van der Waals surface area contributed by atoms with Gasteiger partial charge in [0.05, 0.1) is 4.90 Å². The van der Waals surface area contributed by atoms with E-state index >= 15 is 0 Å². The summed E-state index contributed by atoms with van der Waals surface area (Å²) in [5.41, 5.74) is 6.71. The summed E-state index contributed by atoms with van der Waals surface area (Å²) in [4.78, 5) is 0.490. The highest BCUT2D eigenvalue weighted by molar-refractivity contribution is 7.90. The largest absolute Gasteiger partial charge is 0.236 e. The van der Waals surface area contributed by atoms with Crippen molar-refractivity contribution in [2.75, 3.05) is 0 Å². The Hall–Kier alpha value is -3.02. The number of hydrogen-bond acceptors (Lipinski definition) is 2. The van der Waals surface area contributed by atoms with E-state index in [1.165, 1.54) is 28.8 Å². The van der Waals surface area contributed by atoms with Crippen LogP contribution in [0.4, 0.5) is 4.39 Å². The number of aryl methyl sites for hydroxylation is 2. The summed E-state index contributed by atoms with van der Waals surface area (Å²) in [7, 11) is -3.28. The number of rotatable bonds is 9. The molecule has 1 unspecified atom stereocenters. The topological polar surface area (TPSA) is 44.2 Å². The highest BCUT2D eigenvalue weighted by Gasteiger charge is 2.22. The monoisotopic (exact) mass is 488 g/mol. The molecule has 0 saturated heterocycles. The Morgan fingerprint density at radius 3 is 2.11 bits per heavy atom. The van der Waals surface area contributed by atoms with E-state index in [0.29, 0.717) is 11.4 Å². The number of benzene rings is 3. The second-order valence-electron chi connectivity index (χ2n) is 9.00. The summed E-state index contributed by atoms with van der Waals surface area (Å²) in [5.74, 6) is -0.308. The van der Waals surface area contributed by atoms with Crippen molar-refractivity contribution >= 4 is 15.5 Å². The fourth-order valence-corrected chi connectivity index (χ4v) is 5.84. The predicted octanol–water partition coefficient (Wildman–Crippen LogP) is 7.71. The van der Waals surface area contributed by atoms with Gasteiger partial charge in [-0.05, 0) is 83.3 Å². The normalized spacial score (nSPS) is 15.1. The second kappa shape index (κ2) is 11.1. The van der Waals surface area contributed by atoms with Crippen molar-refractivity contribution in [1.82, 2.24) is 4.31 Å². The van der Waals surface area contributed by atoms with Crippen molar-refractivity contribution < 1.29 is 8.60 Å². The van der Waals surface area contributed by atoms with Gasteiger partial charge < -0.3 is 0 Å². The van der Waals surface area contributed by atoms with Gasteiger partial charge in [-0.1, -0.05) is 74.5 Å². The van der Waals surface area contributed by atoms with Gasteiger partial charge in [-0.2, -0.15) is 0 Å². The fourth-order valence-electron chi connectivity index (χ4n) is 4.38. The Balaban J connectivity index is 1.72. The molecule has 1 N–H and O–H groups in total. The first kappa shape index (κ1) is 25.1. The molecule has 0 heterocycles. The van der Waals surface area contributed by atoms with Crippen molar-refractivity contribution in [2.45, 2.75) is 57.5 Å². The van der Waals surface area contributed by atoms with Crippen LogP contribution in [0, 0.1) is 10.6 Å². The van der Waals surface area contributed by atoms with Gasteiger partial charge in [0.2, 0.25) is 0 Å². The number of nitrogens with one attached hydrogen (secondary N) is 1. The summed E-state index contributed by atoms with van der Waals surface area (Å²) >= 11 is 0. The van der Waals surface area contributed by atoms with Crippen LogP contribution in [0.5, 0.6) is 0 Å². The van der Waals surface area contributed by atoms with Crippen molar-refractivity contribution in [3.05, 3.63) is 119 Å². The number of hydrogen-bond donors (Lipinski definition) is 1. The molecule has 3 aromatic rings. The lowest BCUT2D eigenvalue weighted by Crippen LogP contribution is -2.29.